The first-order chi connectivity index (χ1) is 8.45. The maximum Gasteiger partial charge on any atom is 0.436 e. The van der Waals surface area contributed by atoms with Crippen LogP contribution in [0.25, 0.3) is 11.3 Å². The van der Waals surface area contributed by atoms with Crippen LogP contribution >= 0.6 is 11.6 Å². The van der Waals surface area contributed by atoms with Gasteiger partial charge in [-0.25, -0.2) is 0 Å². The summed E-state index contributed by atoms with van der Waals surface area (Å²) in [5.74, 6) is 0. The summed E-state index contributed by atoms with van der Waals surface area (Å²) in [7, 11) is 0. The second kappa shape index (κ2) is 4.35. The van der Waals surface area contributed by atoms with Crippen LogP contribution in [0.1, 0.15) is 11.3 Å². The van der Waals surface area contributed by atoms with Crippen LogP contribution in [0.5, 0.6) is 0 Å². The van der Waals surface area contributed by atoms with Crippen molar-refractivity contribution in [2.45, 2.75) is 6.18 Å². The molecule has 1 aromatic carbocycles. The molecule has 0 saturated carbocycles. The SMILES string of the molecule is N#Cc1c(C(F)(F)F)n[nH]c1-c1ccccc1Cl. The smallest absolute Gasteiger partial charge is 0.276 e. The number of H-pyrrole nitrogens is 1. The largest absolute Gasteiger partial charge is 0.436 e. The molecule has 0 amide bonds. The van der Waals surface area contributed by atoms with Crippen molar-refractivity contribution in [3.8, 4) is 17.3 Å². The number of aromatic nitrogens is 2. The number of nitrogens with one attached hydrogen (secondary N) is 1. The Balaban J connectivity index is 2.66. The molecule has 3 nitrogen and oxygen atoms in total. The van der Waals surface area contributed by atoms with Crippen molar-refractivity contribution in [1.29, 1.82) is 5.26 Å². The molecule has 2 aromatic rings. The lowest BCUT2D eigenvalue weighted by atomic mass is 10.1. The first kappa shape index (κ1) is 12.5. The Morgan fingerprint density at radius 1 is 1.28 bits per heavy atom. The number of halogens is 4. The summed E-state index contributed by atoms with van der Waals surface area (Å²) in [6.07, 6.45) is -4.68. The Morgan fingerprint density at radius 3 is 2.50 bits per heavy atom. The van der Waals surface area contributed by atoms with Gasteiger partial charge in [-0.3, -0.25) is 5.10 Å². The van der Waals surface area contributed by atoms with Crippen molar-refractivity contribution in [2.24, 2.45) is 0 Å². The number of nitriles is 1. The van der Waals surface area contributed by atoms with Gasteiger partial charge in [-0.15, -0.1) is 0 Å². The summed E-state index contributed by atoms with van der Waals surface area (Å²) in [5, 5.41) is 14.4. The van der Waals surface area contributed by atoms with Gasteiger partial charge in [-0.1, -0.05) is 29.8 Å². The average Bonchev–Trinajstić information content (AvgIpc) is 2.72. The lowest BCUT2D eigenvalue weighted by Crippen LogP contribution is -2.07. The van der Waals surface area contributed by atoms with E-state index in [2.05, 4.69) is 10.2 Å². The highest BCUT2D eigenvalue weighted by Crippen LogP contribution is 2.36. The Hall–Kier alpha value is -2.00. The predicted octanol–water partition coefficient (Wildman–Crippen LogP) is 3.62. The van der Waals surface area contributed by atoms with E-state index in [0.29, 0.717) is 5.56 Å². The topological polar surface area (TPSA) is 52.5 Å². The second-order valence-electron chi connectivity index (χ2n) is 3.41. The predicted molar refractivity (Wildman–Crippen MR) is 58.8 cm³/mol. The molecule has 1 heterocycles. The van der Waals surface area contributed by atoms with Crippen LogP contribution in [0.15, 0.2) is 24.3 Å². The zero-order valence-corrected chi connectivity index (χ0v) is 9.47. The van der Waals surface area contributed by atoms with Crippen molar-refractivity contribution in [3.05, 3.63) is 40.5 Å². The molecule has 18 heavy (non-hydrogen) atoms. The van der Waals surface area contributed by atoms with Gasteiger partial charge in [0.15, 0.2) is 5.69 Å². The zero-order valence-electron chi connectivity index (χ0n) is 8.72. The normalized spacial score (nSPS) is 11.3. The fraction of sp³-hybridized carbons (Fsp3) is 0.0909. The van der Waals surface area contributed by atoms with Gasteiger partial charge in [-0.05, 0) is 6.07 Å². The van der Waals surface area contributed by atoms with Gasteiger partial charge in [0.05, 0.1) is 5.69 Å². The second-order valence-corrected chi connectivity index (χ2v) is 3.82. The van der Waals surface area contributed by atoms with E-state index in [4.69, 9.17) is 16.9 Å². The molecule has 0 fully saturated rings. The molecule has 0 radical (unpaired) electrons. The molecule has 0 aliphatic carbocycles. The number of hydrogen-bond acceptors (Lipinski definition) is 2. The number of benzene rings is 1. The van der Waals surface area contributed by atoms with E-state index in [1.165, 1.54) is 18.2 Å². The number of hydrogen-bond donors (Lipinski definition) is 1. The van der Waals surface area contributed by atoms with Crippen LogP contribution < -0.4 is 0 Å². The first-order valence-electron chi connectivity index (χ1n) is 4.75. The molecule has 1 N–H and O–H groups in total. The molecule has 0 bridgehead atoms. The van der Waals surface area contributed by atoms with Crippen molar-refractivity contribution in [3.63, 3.8) is 0 Å². The third kappa shape index (κ3) is 2.05. The average molecular weight is 272 g/mol. The zero-order chi connectivity index (χ0) is 13.3. The molecule has 0 saturated heterocycles. The van der Waals surface area contributed by atoms with Gasteiger partial charge >= 0.3 is 6.18 Å². The summed E-state index contributed by atoms with van der Waals surface area (Å²) in [6.45, 7) is 0. The van der Waals surface area contributed by atoms with E-state index in [9.17, 15) is 13.2 Å². The summed E-state index contributed by atoms with van der Waals surface area (Å²) >= 11 is 5.87. The highest BCUT2D eigenvalue weighted by atomic mass is 35.5. The minimum absolute atomic E-state index is 0.0320. The van der Waals surface area contributed by atoms with E-state index < -0.39 is 17.4 Å². The van der Waals surface area contributed by atoms with Gasteiger partial charge in [0.2, 0.25) is 0 Å². The highest BCUT2D eigenvalue weighted by molar-refractivity contribution is 6.33. The number of alkyl halides is 3. The van der Waals surface area contributed by atoms with Gasteiger partial charge in [-0.2, -0.15) is 23.5 Å². The fourth-order valence-corrected chi connectivity index (χ4v) is 1.75. The van der Waals surface area contributed by atoms with Crippen molar-refractivity contribution in [1.82, 2.24) is 10.2 Å². The maximum atomic E-state index is 12.6. The van der Waals surface area contributed by atoms with Crippen molar-refractivity contribution >= 4 is 11.6 Å². The fourth-order valence-electron chi connectivity index (χ4n) is 1.51. The lowest BCUT2D eigenvalue weighted by molar-refractivity contribution is -0.141. The Labute approximate surface area is 105 Å². The quantitative estimate of drug-likeness (QED) is 0.861. The monoisotopic (exact) mass is 271 g/mol. The van der Waals surface area contributed by atoms with Crippen LogP contribution in [0.2, 0.25) is 5.02 Å². The van der Waals surface area contributed by atoms with Gasteiger partial charge < -0.3 is 0 Å². The van der Waals surface area contributed by atoms with Gasteiger partial charge in [0.1, 0.15) is 11.6 Å². The van der Waals surface area contributed by atoms with E-state index in [1.807, 2.05) is 0 Å². The molecule has 2 rings (SSSR count). The summed E-state index contributed by atoms with van der Waals surface area (Å²) in [6, 6.07) is 7.78. The van der Waals surface area contributed by atoms with Gasteiger partial charge in [0, 0.05) is 10.6 Å². The van der Waals surface area contributed by atoms with E-state index in [0.717, 1.165) is 0 Å². The molecule has 92 valence electrons. The highest BCUT2D eigenvalue weighted by Gasteiger charge is 2.38. The van der Waals surface area contributed by atoms with Crippen LogP contribution in [-0.2, 0) is 6.18 Å². The van der Waals surface area contributed by atoms with Crippen molar-refractivity contribution < 1.29 is 13.2 Å². The molecule has 0 unspecified atom stereocenters. The van der Waals surface area contributed by atoms with Crippen LogP contribution in [-0.4, -0.2) is 10.2 Å². The summed E-state index contributed by atoms with van der Waals surface area (Å²) in [5.41, 5.74) is -1.52. The van der Waals surface area contributed by atoms with E-state index in [-0.39, 0.29) is 10.7 Å². The Morgan fingerprint density at radius 2 is 1.94 bits per heavy atom. The molecule has 7 heteroatoms. The molecule has 0 aliphatic heterocycles. The number of rotatable bonds is 1. The molecule has 1 aromatic heterocycles. The lowest BCUT2D eigenvalue weighted by Gasteiger charge is -2.03. The standard InChI is InChI=1S/C11H5ClF3N3/c12-8-4-2-1-3-6(8)9-7(5-16)10(18-17-9)11(13,14)15/h1-4H,(H,17,18). The van der Waals surface area contributed by atoms with Crippen molar-refractivity contribution in [2.75, 3.05) is 0 Å². The number of aromatic amines is 1. The third-order valence-corrected chi connectivity index (χ3v) is 2.62. The number of nitrogens with zero attached hydrogens (tertiary/aromatic N) is 2. The summed E-state index contributed by atoms with van der Waals surface area (Å²) < 4.78 is 37.8. The molecule has 0 spiro atoms. The van der Waals surface area contributed by atoms with Gasteiger partial charge in [0.25, 0.3) is 0 Å². The van der Waals surface area contributed by atoms with E-state index >= 15 is 0 Å². The van der Waals surface area contributed by atoms with Crippen LogP contribution in [0, 0.1) is 11.3 Å². The molecular weight excluding hydrogens is 267 g/mol. The molecule has 0 atom stereocenters. The van der Waals surface area contributed by atoms with E-state index in [1.54, 1.807) is 12.1 Å². The molecular formula is C11H5ClF3N3. The molecule has 0 aliphatic rings. The first-order valence-corrected chi connectivity index (χ1v) is 5.13. The maximum absolute atomic E-state index is 12.6. The van der Waals surface area contributed by atoms with Crippen LogP contribution in [0.4, 0.5) is 13.2 Å². The minimum Gasteiger partial charge on any atom is -0.276 e. The minimum atomic E-state index is -4.68. The van der Waals surface area contributed by atoms with Crippen LogP contribution in [0.3, 0.4) is 0 Å². The Bertz CT molecular complexity index is 625. The Kier molecular flexibility index (Phi) is 3.01. The third-order valence-electron chi connectivity index (χ3n) is 2.29. The summed E-state index contributed by atoms with van der Waals surface area (Å²) in [4.78, 5) is 0.